The first-order valence-electron chi connectivity index (χ1n) is 6.93. The summed E-state index contributed by atoms with van der Waals surface area (Å²) in [7, 11) is 0. The van der Waals surface area contributed by atoms with Crippen LogP contribution in [0.25, 0.3) is 0 Å². The summed E-state index contributed by atoms with van der Waals surface area (Å²) in [4.78, 5) is 16.2. The maximum atomic E-state index is 8.69. The summed E-state index contributed by atoms with van der Waals surface area (Å²) < 4.78 is 2.29. The highest BCUT2D eigenvalue weighted by atomic mass is 79.9. The van der Waals surface area contributed by atoms with E-state index in [2.05, 4.69) is 76.0 Å². The lowest BCUT2D eigenvalue weighted by molar-refractivity contribution is -0.191. The fraction of sp³-hybridized carbons (Fsp3) is 0.278. The minimum atomic E-state index is 0.210. The molecule has 0 amide bonds. The van der Waals surface area contributed by atoms with Crippen molar-refractivity contribution in [2.45, 2.75) is 27.2 Å². The minimum Gasteiger partial charge on any atom is -0.396 e. The highest BCUT2D eigenvalue weighted by molar-refractivity contribution is 9.10. The summed E-state index contributed by atoms with van der Waals surface area (Å²) in [6.45, 7) is 6.43. The van der Waals surface area contributed by atoms with Gasteiger partial charge in [0.25, 0.3) is 0 Å². The van der Waals surface area contributed by atoms with E-state index in [0.717, 1.165) is 16.5 Å². The number of hydrogen-bond donors (Lipinski definition) is 1. The summed E-state index contributed by atoms with van der Waals surface area (Å²) >= 11 is 6.88. The van der Waals surface area contributed by atoms with E-state index < -0.39 is 0 Å². The van der Waals surface area contributed by atoms with Gasteiger partial charge in [-0.25, -0.2) is 0 Å². The van der Waals surface area contributed by atoms with Gasteiger partial charge in [0, 0.05) is 15.6 Å². The van der Waals surface area contributed by atoms with Gasteiger partial charge in [-0.15, -0.1) is 0 Å². The number of rotatable bonds is 2. The van der Waals surface area contributed by atoms with Crippen molar-refractivity contribution in [1.82, 2.24) is 0 Å². The Labute approximate surface area is 154 Å². The molecule has 2 aromatic rings. The van der Waals surface area contributed by atoms with Gasteiger partial charge >= 0.3 is 6.15 Å². The normalized spacial score (nSPS) is 8.96. The number of carbonyl (C=O) groups excluding carboxylic acids is 2. The Bertz CT molecular complexity index is 649. The molecule has 0 bridgehead atoms. The molecular weight excluding hydrogens is 424 g/mol. The van der Waals surface area contributed by atoms with Crippen LogP contribution >= 0.6 is 31.9 Å². The molecule has 0 aromatic heterocycles. The second-order valence-electron chi connectivity index (χ2n) is 4.90. The van der Waals surface area contributed by atoms with Gasteiger partial charge in [0.1, 0.15) is 0 Å². The van der Waals surface area contributed by atoms with Crippen LogP contribution in [0.15, 0.2) is 45.3 Å². The van der Waals surface area contributed by atoms with E-state index in [4.69, 9.17) is 14.7 Å². The number of halogens is 2. The van der Waals surface area contributed by atoms with E-state index in [1.807, 2.05) is 13.0 Å². The fourth-order valence-electron chi connectivity index (χ4n) is 1.67. The molecule has 1 N–H and O–H groups in total. The Balaban J connectivity index is 0.000000365. The molecule has 0 fully saturated rings. The molecule has 0 atom stereocenters. The van der Waals surface area contributed by atoms with Crippen LogP contribution in [0, 0.1) is 20.8 Å². The SMILES string of the molecule is Cc1ccc(C)c(Br)c1.Cc1ccc(CCO)c(Br)c1.O=C=O. The quantitative estimate of drug-likeness (QED) is 0.726. The van der Waals surface area contributed by atoms with Crippen molar-refractivity contribution < 1.29 is 14.7 Å². The average molecular weight is 444 g/mol. The lowest BCUT2D eigenvalue weighted by Crippen LogP contribution is -1.91. The second kappa shape index (κ2) is 12.2. The van der Waals surface area contributed by atoms with Gasteiger partial charge in [0.15, 0.2) is 0 Å². The maximum absolute atomic E-state index is 8.69. The lowest BCUT2D eigenvalue weighted by atomic mass is 10.1. The summed E-state index contributed by atoms with van der Waals surface area (Å²) in [5.41, 5.74) is 4.99. The molecule has 23 heavy (non-hydrogen) atoms. The number of benzene rings is 2. The molecule has 0 radical (unpaired) electrons. The molecule has 0 saturated carbocycles. The van der Waals surface area contributed by atoms with Crippen LogP contribution in [0.5, 0.6) is 0 Å². The van der Waals surface area contributed by atoms with Gasteiger partial charge in [-0.05, 0) is 61.6 Å². The van der Waals surface area contributed by atoms with Gasteiger partial charge in [-0.3, -0.25) is 0 Å². The van der Waals surface area contributed by atoms with Crippen molar-refractivity contribution in [3.8, 4) is 0 Å². The van der Waals surface area contributed by atoms with Crippen LogP contribution in [0.2, 0.25) is 0 Å². The Morgan fingerprint density at radius 1 is 0.913 bits per heavy atom. The van der Waals surface area contributed by atoms with Crippen molar-refractivity contribution >= 4 is 38.0 Å². The molecule has 0 heterocycles. The highest BCUT2D eigenvalue weighted by Gasteiger charge is 1.97. The average Bonchev–Trinajstić information content (AvgIpc) is 2.48. The van der Waals surface area contributed by atoms with E-state index in [1.54, 1.807) is 0 Å². The third kappa shape index (κ3) is 9.47. The van der Waals surface area contributed by atoms with Gasteiger partial charge in [-0.1, -0.05) is 56.1 Å². The predicted octanol–water partition coefficient (Wildman–Crippen LogP) is 4.77. The molecule has 3 nitrogen and oxygen atoms in total. The van der Waals surface area contributed by atoms with E-state index >= 15 is 0 Å². The van der Waals surface area contributed by atoms with Gasteiger partial charge in [0.2, 0.25) is 0 Å². The van der Waals surface area contributed by atoms with Crippen molar-refractivity contribution in [2.75, 3.05) is 6.61 Å². The molecule has 0 unspecified atom stereocenters. The molecule has 0 saturated heterocycles. The van der Waals surface area contributed by atoms with Gasteiger partial charge in [0.05, 0.1) is 0 Å². The number of aliphatic hydroxyl groups is 1. The zero-order chi connectivity index (χ0) is 17.8. The van der Waals surface area contributed by atoms with Crippen LogP contribution in [-0.2, 0) is 16.0 Å². The first kappa shape index (κ1) is 21.7. The van der Waals surface area contributed by atoms with E-state index in [-0.39, 0.29) is 12.8 Å². The van der Waals surface area contributed by atoms with Crippen LogP contribution in [0.1, 0.15) is 22.3 Å². The van der Waals surface area contributed by atoms with Gasteiger partial charge < -0.3 is 5.11 Å². The zero-order valence-corrected chi connectivity index (χ0v) is 16.6. The molecule has 0 aliphatic rings. The largest absolute Gasteiger partial charge is 0.396 e. The fourth-order valence-corrected chi connectivity index (χ4v) is 2.86. The maximum Gasteiger partial charge on any atom is 0.373 e. The van der Waals surface area contributed by atoms with Crippen molar-refractivity contribution in [3.05, 3.63) is 67.6 Å². The highest BCUT2D eigenvalue weighted by Crippen LogP contribution is 2.18. The molecule has 124 valence electrons. The number of hydrogen-bond acceptors (Lipinski definition) is 3. The summed E-state index contributed by atoms with van der Waals surface area (Å²) in [5, 5.41) is 8.69. The smallest absolute Gasteiger partial charge is 0.373 e. The Kier molecular flexibility index (Phi) is 11.5. The summed E-state index contributed by atoms with van der Waals surface area (Å²) in [6.07, 6.45) is 0.973. The number of aryl methyl sites for hydroxylation is 3. The Morgan fingerprint density at radius 2 is 1.39 bits per heavy atom. The third-order valence-electron chi connectivity index (χ3n) is 2.92. The lowest BCUT2D eigenvalue weighted by Gasteiger charge is -2.02. The van der Waals surface area contributed by atoms with Crippen LogP contribution in [-0.4, -0.2) is 17.9 Å². The molecule has 2 rings (SSSR count). The van der Waals surface area contributed by atoms with E-state index in [0.29, 0.717) is 0 Å². The van der Waals surface area contributed by atoms with Crippen molar-refractivity contribution in [3.63, 3.8) is 0 Å². The van der Waals surface area contributed by atoms with E-state index in [1.165, 1.54) is 21.2 Å². The Morgan fingerprint density at radius 3 is 1.78 bits per heavy atom. The summed E-state index contributed by atoms with van der Waals surface area (Å²) in [6, 6.07) is 12.5. The van der Waals surface area contributed by atoms with Crippen LogP contribution < -0.4 is 0 Å². The molecule has 5 heteroatoms. The minimum absolute atomic E-state index is 0.210. The topological polar surface area (TPSA) is 54.4 Å². The molecule has 0 aliphatic heterocycles. The first-order valence-corrected chi connectivity index (χ1v) is 8.52. The second-order valence-corrected chi connectivity index (χ2v) is 6.61. The monoisotopic (exact) mass is 442 g/mol. The standard InChI is InChI=1S/C9H11BrO.C8H9Br.CO2/c1-7-2-3-8(4-5-11)9(10)6-7;1-6-3-4-7(2)8(9)5-6;2-1-3/h2-3,6,11H,4-5H2,1H3;3-5H,1-2H3;. The Hall–Kier alpha value is -1.26. The molecule has 2 aromatic carbocycles. The predicted molar refractivity (Wildman–Crippen MR) is 98.3 cm³/mol. The number of aliphatic hydroxyl groups excluding tert-OH is 1. The zero-order valence-electron chi connectivity index (χ0n) is 13.4. The van der Waals surface area contributed by atoms with Crippen molar-refractivity contribution in [2.24, 2.45) is 0 Å². The van der Waals surface area contributed by atoms with Crippen LogP contribution in [0.4, 0.5) is 0 Å². The molecule has 0 spiro atoms. The van der Waals surface area contributed by atoms with Gasteiger partial charge in [-0.2, -0.15) is 9.59 Å². The third-order valence-corrected chi connectivity index (χ3v) is 4.51. The van der Waals surface area contributed by atoms with Crippen LogP contribution in [0.3, 0.4) is 0 Å². The molecule has 0 aliphatic carbocycles. The molecular formula is C18H20Br2O3. The van der Waals surface area contributed by atoms with Crippen molar-refractivity contribution in [1.29, 1.82) is 0 Å². The first-order chi connectivity index (χ1) is 10.8. The van der Waals surface area contributed by atoms with E-state index in [9.17, 15) is 0 Å². The summed E-state index contributed by atoms with van der Waals surface area (Å²) in [5.74, 6) is 0.